The molecule has 0 saturated carbocycles. The molecule has 1 aromatic heterocycles. The van der Waals surface area contributed by atoms with Crippen LogP contribution in [-0.2, 0) is 11.3 Å². The molecule has 6 heteroatoms. The fourth-order valence-electron chi connectivity index (χ4n) is 4.76. The van der Waals surface area contributed by atoms with Crippen LogP contribution < -0.4 is 0 Å². The molecule has 32 heavy (non-hydrogen) atoms. The third-order valence-corrected chi connectivity index (χ3v) is 6.31. The Balaban J connectivity index is 1.59. The van der Waals surface area contributed by atoms with Crippen molar-refractivity contribution in [2.45, 2.75) is 52.6 Å². The van der Waals surface area contributed by atoms with Gasteiger partial charge < -0.3 is 4.90 Å². The van der Waals surface area contributed by atoms with Crippen molar-refractivity contribution >= 4 is 16.9 Å². The van der Waals surface area contributed by atoms with Crippen LogP contribution in [0.4, 0.5) is 4.39 Å². The van der Waals surface area contributed by atoms with E-state index in [9.17, 15) is 9.18 Å². The third kappa shape index (κ3) is 4.70. The largest absolute Gasteiger partial charge is 0.340 e. The predicted octanol–water partition coefficient (Wildman–Crippen LogP) is 5.02. The number of hydrogen-bond donors (Lipinski definition) is 0. The molecule has 0 aliphatic carbocycles. The molecule has 0 spiro atoms. The molecule has 1 amide bonds. The lowest BCUT2D eigenvalue weighted by Crippen LogP contribution is -2.47. The lowest BCUT2D eigenvalue weighted by atomic mass is 9.95. The normalized spacial score (nSPS) is 17.2. The maximum atomic E-state index is 13.5. The van der Waals surface area contributed by atoms with Crippen LogP contribution in [0, 0.1) is 11.7 Å². The van der Waals surface area contributed by atoms with Crippen LogP contribution in [0.25, 0.3) is 16.7 Å². The summed E-state index contributed by atoms with van der Waals surface area (Å²) in [6, 6.07) is 14.8. The van der Waals surface area contributed by atoms with Gasteiger partial charge in [-0.1, -0.05) is 19.1 Å². The Hall–Kier alpha value is -2.73. The number of aromatic nitrogens is 2. The van der Waals surface area contributed by atoms with Crippen molar-refractivity contribution in [3.63, 3.8) is 0 Å². The van der Waals surface area contributed by atoms with Gasteiger partial charge in [0.2, 0.25) is 5.91 Å². The monoisotopic (exact) mass is 436 g/mol. The summed E-state index contributed by atoms with van der Waals surface area (Å²) in [5, 5.41) is 0. The van der Waals surface area contributed by atoms with Gasteiger partial charge in [-0.2, -0.15) is 0 Å². The first kappa shape index (κ1) is 22.5. The number of piperidine rings is 1. The summed E-state index contributed by atoms with van der Waals surface area (Å²) in [5.41, 5.74) is 2.83. The predicted molar refractivity (Wildman–Crippen MR) is 126 cm³/mol. The number of fused-ring (bicyclic) bond motifs is 1. The molecule has 170 valence electrons. The van der Waals surface area contributed by atoms with Crippen molar-refractivity contribution in [3.8, 4) is 5.69 Å². The van der Waals surface area contributed by atoms with E-state index >= 15 is 0 Å². The van der Waals surface area contributed by atoms with Crippen molar-refractivity contribution < 1.29 is 9.18 Å². The van der Waals surface area contributed by atoms with Crippen LogP contribution in [0.15, 0.2) is 48.5 Å². The van der Waals surface area contributed by atoms with Crippen LogP contribution in [0.2, 0.25) is 0 Å². The maximum Gasteiger partial charge on any atom is 0.227 e. The molecule has 3 aromatic rings. The smallest absolute Gasteiger partial charge is 0.227 e. The van der Waals surface area contributed by atoms with E-state index in [0.717, 1.165) is 61.4 Å². The zero-order chi connectivity index (χ0) is 22.7. The van der Waals surface area contributed by atoms with E-state index in [-0.39, 0.29) is 23.7 Å². The number of likely N-dealkylation sites (tertiary alicyclic amines) is 1. The first-order valence-corrected chi connectivity index (χ1v) is 11.7. The van der Waals surface area contributed by atoms with Gasteiger partial charge in [0, 0.05) is 24.8 Å². The number of rotatable bonds is 7. The highest BCUT2D eigenvalue weighted by Crippen LogP contribution is 2.26. The average Bonchev–Trinajstić information content (AvgIpc) is 3.15. The Labute approximate surface area is 189 Å². The van der Waals surface area contributed by atoms with Crippen LogP contribution in [0.5, 0.6) is 0 Å². The summed E-state index contributed by atoms with van der Waals surface area (Å²) >= 11 is 0. The Morgan fingerprint density at radius 1 is 1.19 bits per heavy atom. The number of amides is 1. The van der Waals surface area contributed by atoms with Crippen molar-refractivity contribution in [1.82, 2.24) is 19.4 Å². The highest BCUT2D eigenvalue weighted by atomic mass is 19.1. The molecular formula is C26H33FN4O. The van der Waals surface area contributed by atoms with Gasteiger partial charge >= 0.3 is 0 Å². The number of carbonyl (C=O) groups excluding carboxylic acids is 1. The van der Waals surface area contributed by atoms with Gasteiger partial charge in [-0.15, -0.1) is 0 Å². The maximum absolute atomic E-state index is 13.5. The van der Waals surface area contributed by atoms with E-state index in [1.165, 1.54) is 12.1 Å². The average molecular weight is 437 g/mol. The van der Waals surface area contributed by atoms with E-state index in [1.807, 2.05) is 29.2 Å². The molecule has 0 bridgehead atoms. The molecule has 1 fully saturated rings. The number of para-hydroxylation sites is 2. The van der Waals surface area contributed by atoms with Gasteiger partial charge in [0.05, 0.1) is 23.5 Å². The van der Waals surface area contributed by atoms with E-state index in [0.29, 0.717) is 6.54 Å². The second-order valence-electron chi connectivity index (χ2n) is 9.03. The molecule has 2 aromatic carbocycles. The molecule has 1 aliphatic heterocycles. The minimum absolute atomic E-state index is 0.0290. The minimum Gasteiger partial charge on any atom is -0.340 e. The Bertz CT molecular complexity index is 1060. The molecule has 0 radical (unpaired) electrons. The molecule has 1 atom stereocenters. The minimum atomic E-state index is -0.251. The summed E-state index contributed by atoms with van der Waals surface area (Å²) in [7, 11) is 0. The molecule has 0 N–H and O–H groups in total. The number of hydrogen-bond acceptors (Lipinski definition) is 3. The summed E-state index contributed by atoms with van der Waals surface area (Å²) in [6.07, 6.45) is 2.92. The fourth-order valence-corrected chi connectivity index (χ4v) is 4.76. The zero-order valence-electron chi connectivity index (χ0n) is 19.3. The van der Waals surface area contributed by atoms with Gasteiger partial charge in [-0.3, -0.25) is 14.3 Å². The van der Waals surface area contributed by atoms with Crippen molar-refractivity contribution in [1.29, 1.82) is 0 Å². The lowest BCUT2D eigenvalue weighted by molar-refractivity contribution is -0.139. The number of halogens is 1. The van der Waals surface area contributed by atoms with Crippen LogP contribution in [-0.4, -0.2) is 50.9 Å². The first-order chi connectivity index (χ1) is 15.5. The standard InChI is InChI=1S/C26H33FN4O/c1-4-15-30(19(2)3)26(32)20-8-7-16-29(17-20)18-25-28-23-9-5-6-10-24(23)31(25)22-13-11-21(27)12-14-22/h5-6,9-14,19-20H,4,7-8,15-18H2,1-3H3/t20-/m1/s1. The van der Waals surface area contributed by atoms with Gasteiger partial charge in [-0.05, 0) is 76.1 Å². The van der Waals surface area contributed by atoms with E-state index < -0.39 is 0 Å². The quantitative estimate of drug-likeness (QED) is 0.522. The Kier molecular flexibility index (Phi) is 6.89. The highest BCUT2D eigenvalue weighted by molar-refractivity contribution is 5.79. The van der Waals surface area contributed by atoms with Crippen molar-refractivity contribution in [2.24, 2.45) is 5.92 Å². The second kappa shape index (κ2) is 9.82. The van der Waals surface area contributed by atoms with Crippen molar-refractivity contribution in [3.05, 3.63) is 60.2 Å². The number of nitrogens with zero attached hydrogens (tertiary/aromatic N) is 4. The molecule has 2 heterocycles. The van der Waals surface area contributed by atoms with E-state index in [1.54, 1.807) is 12.1 Å². The Morgan fingerprint density at radius 3 is 2.66 bits per heavy atom. The molecule has 4 rings (SSSR count). The fraction of sp³-hybridized carbons (Fsp3) is 0.462. The van der Waals surface area contributed by atoms with Crippen LogP contribution in [0.1, 0.15) is 45.9 Å². The molecular weight excluding hydrogens is 403 g/mol. The molecule has 0 unspecified atom stereocenters. The van der Waals surface area contributed by atoms with Crippen LogP contribution in [0.3, 0.4) is 0 Å². The van der Waals surface area contributed by atoms with E-state index in [4.69, 9.17) is 4.98 Å². The van der Waals surface area contributed by atoms with Gasteiger partial charge in [0.15, 0.2) is 0 Å². The van der Waals surface area contributed by atoms with Gasteiger partial charge in [0.25, 0.3) is 0 Å². The van der Waals surface area contributed by atoms with Crippen LogP contribution >= 0.6 is 0 Å². The summed E-state index contributed by atoms with van der Waals surface area (Å²) in [5.74, 6) is 0.971. The van der Waals surface area contributed by atoms with E-state index in [2.05, 4.69) is 30.2 Å². The summed E-state index contributed by atoms with van der Waals surface area (Å²) in [6.45, 7) is 9.48. The highest BCUT2D eigenvalue weighted by Gasteiger charge is 2.30. The van der Waals surface area contributed by atoms with Gasteiger partial charge in [0.1, 0.15) is 11.6 Å². The lowest BCUT2D eigenvalue weighted by Gasteiger charge is -2.36. The Morgan fingerprint density at radius 2 is 1.94 bits per heavy atom. The summed E-state index contributed by atoms with van der Waals surface area (Å²) in [4.78, 5) is 22.5. The number of imidazole rings is 1. The summed E-state index contributed by atoms with van der Waals surface area (Å²) < 4.78 is 15.7. The topological polar surface area (TPSA) is 41.4 Å². The number of carbonyl (C=O) groups is 1. The third-order valence-electron chi connectivity index (χ3n) is 6.31. The SMILES string of the molecule is CCCN(C(=O)[C@@H]1CCCN(Cc2nc3ccccc3n2-c2ccc(F)cc2)C1)C(C)C. The van der Waals surface area contributed by atoms with Gasteiger partial charge in [-0.25, -0.2) is 9.37 Å². The van der Waals surface area contributed by atoms with Crippen molar-refractivity contribution in [2.75, 3.05) is 19.6 Å². The number of benzene rings is 2. The molecule has 5 nitrogen and oxygen atoms in total. The first-order valence-electron chi connectivity index (χ1n) is 11.7. The second-order valence-corrected chi connectivity index (χ2v) is 9.03. The molecule has 1 saturated heterocycles. The molecule has 1 aliphatic rings. The zero-order valence-corrected chi connectivity index (χ0v) is 19.3.